The number of carbonyl (C=O) groups excluding carboxylic acids is 3. The van der Waals surface area contributed by atoms with Crippen molar-refractivity contribution in [3.63, 3.8) is 0 Å². The Labute approximate surface area is 199 Å². The molecular formula is C27H31NO6. The van der Waals surface area contributed by atoms with E-state index in [4.69, 9.17) is 14.2 Å². The van der Waals surface area contributed by atoms with Gasteiger partial charge in [0.1, 0.15) is 5.60 Å². The number of hydrogen-bond acceptors (Lipinski definition) is 6. The molecule has 4 rings (SSSR count). The second-order valence-corrected chi connectivity index (χ2v) is 10.2. The predicted octanol–water partition coefficient (Wildman–Crippen LogP) is 5.20. The molecule has 34 heavy (non-hydrogen) atoms. The second kappa shape index (κ2) is 8.46. The van der Waals surface area contributed by atoms with Gasteiger partial charge in [0.2, 0.25) is 0 Å². The topological polar surface area (TPSA) is 83.8 Å². The first kappa shape index (κ1) is 23.8. The number of para-hydroxylation sites is 1. The third-order valence-electron chi connectivity index (χ3n) is 6.54. The highest BCUT2D eigenvalue weighted by molar-refractivity contribution is 6.02. The number of nitrogens with zero attached hydrogens (tertiary/aromatic N) is 1. The van der Waals surface area contributed by atoms with E-state index in [1.165, 1.54) is 14.2 Å². The molecule has 0 amide bonds. The Kier molecular flexibility index (Phi) is 5.92. The summed E-state index contributed by atoms with van der Waals surface area (Å²) in [5.74, 6) is -1.16. The van der Waals surface area contributed by atoms with Crippen LogP contribution in [0, 0.1) is 5.41 Å². The molecule has 0 spiro atoms. The quantitative estimate of drug-likeness (QED) is 0.262. The van der Waals surface area contributed by atoms with E-state index in [0.29, 0.717) is 12.8 Å². The largest absolute Gasteiger partial charge is 0.468 e. The van der Waals surface area contributed by atoms with Gasteiger partial charge in [0, 0.05) is 5.39 Å². The Balaban J connectivity index is 1.87. The summed E-state index contributed by atoms with van der Waals surface area (Å²) < 4.78 is 17.4. The Morgan fingerprint density at radius 1 is 0.941 bits per heavy atom. The van der Waals surface area contributed by atoms with Crippen molar-refractivity contribution in [2.24, 2.45) is 5.41 Å². The maximum absolute atomic E-state index is 13.3. The van der Waals surface area contributed by atoms with Crippen molar-refractivity contribution >= 4 is 35.0 Å². The van der Waals surface area contributed by atoms with Crippen LogP contribution in [0.5, 0.6) is 0 Å². The maximum Gasteiger partial charge on any atom is 0.419 e. The molecule has 1 aromatic heterocycles. The Morgan fingerprint density at radius 2 is 1.53 bits per heavy atom. The summed E-state index contributed by atoms with van der Waals surface area (Å²) in [4.78, 5) is 38.9. The number of aromatic nitrogens is 1. The van der Waals surface area contributed by atoms with E-state index in [1.54, 1.807) is 4.57 Å². The third-order valence-corrected chi connectivity index (χ3v) is 6.54. The SMILES string of the molecule is COC(=O)C1(C(=O)OC)CC2=C(Cc3c(n(C(=O)OC(C)(C)C)c4ccccc34)/C=C(/C)C2)C1. The fourth-order valence-electron chi connectivity index (χ4n) is 5.18. The minimum Gasteiger partial charge on any atom is -0.468 e. The van der Waals surface area contributed by atoms with E-state index < -0.39 is 29.0 Å². The minimum absolute atomic E-state index is 0.236. The standard InChI is InChI=1S/C27H31NO6/c1-16-11-17-14-27(23(29)32-5,24(30)33-6)15-18(17)13-20-19-9-7-8-10-21(19)28(22(20)12-16)25(31)34-26(2,3)4/h7-10,12H,11,13-15H2,1-6H3/b16-12-. The lowest BCUT2D eigenvalue weighted by atomic mass is 9.83. The van der Waals surface area contributed by atoms with Crippen molar-refractivity contribution in [1.82, 2.24) is 4.57 Å². The summed E-state index contributed by atoms with van der Waals surface area (Å²) in [5.41, 5.74) is 3.57. The van der Waals surface area contributed by atoms with Gasteiger partial charge in [-0.1, -0.05) is 34.9 Å². The van der Waals surface area contributed by atoms with E-state index in [9.17, 15) is 14.4 Å². The molecule has 0 atom stereocenters. The highest BCUT2D eigenvalue weighted by Crippen LogP contribution is 2.49. The number of esters is 2. The Morgan fingerprint density at radius 3 is 2.12 bits per heavy atom. The molecule has 0 N–H and O–H groups in total. The van der Waals surface area contributed by atoms with Crippen molar-refractivity contribution < 1.29 is 28.6 Å². The lowest BCUT2D eigenvalue weighted by molar-refractivity contribution is -0.168. The summed E-state index contributed by atoms with van der Waals surface area (Å²) >= 11 is 0. The summed E-state index contributed by atoms with van der Waals surface area (Å²) in [6.45, 7) is 7.52. The lowest BCUT2D eigenvalue weighted by Crippen LogP contribution is -2.39. The van der Waals surface area contributed by atoms with E-state index in [-0.39, 0.29) is 12.8 Å². The van der Waals surface area contributed by atoms with Crippen LogP contribution in [0.3, 0.4) is 0 Å². The van der Waals surface area contributed by atoms with Gasteiger partial charge < -0.3 is 14.2 Å². The fourth-order valence-corrected chi connectivity index (χ4v) is 5.18. The summed E-state index contributed by atoms with van der Waals surface area (Å²) in [5, 5.41) is 0.940. The lowest BCUT2D eigenvalue weighted by Gasteiger charge is -2.23. The molecule has 1 heterocycles. The summed E-state index contributed by atoms with van der Waals surface area (Å²) in [6.07, 6.45) is 3.20. The average Bonchev–Trinajstić information content (AvgIpc) is 3.27. The van der Waals surface area contributed by atoms with Crippen LogP contribution in [-0.4, -0.2) is 42.4 Å². The zero-order chi connectivity index (χ0) is 24.8. The van der Waals surface area contributed by atoms with Crippen LogP contribution in [0.1, 0.15) is 58.2 Å². The molecule has 0 unspecified atom stereocenters. The van der Waals surface area contributed by atoms with Crippen molar-refractivity contribution in [2.75, 3.05) is 14.2 Å². The first-order valence-electron chi connectivity index (χ1n) is 11.4. The molecular weight excluding hydrogens is 434 g/mol. The molecule has 0 aliphatic heterocycles. The first-order chi connectivity index (χ1) is 16.0. The van der Waals surface area contributed by atoms with Crippen LogP contribution in [0.2, 0.25) is 0 Å². The van der Waals surface area contributed by atoms with Crippen LogP contribution < -0.4 is 0 Å². The van der Waals surface area contributed by atoms with E-state index in [2.05, 4.69) is 0 Å². The highest BCUT2D eigenvalue weighted by atomic mass is 16.6. The van der Waals surface area contributed by atoms with Crippen LogP contribution in [0.4, 0.5) is 4.79 Å². The molecule has 2 aromatic rings. The Bertz CT molecular complexity index is 1240. The van der Waals surface area contributed by atoms with Gasteiger partial charge in [-0.3, -0.25) is 9.59 Å². The molecule has 0 radical (unpaired) electrons. The van der Waals surface area contributed by atoms with Crippen LogP contribution in [0.15, 0.2) is 41.0 Å². The third kappa shape index (κ3) is 3.93. The molecule has 7 nitrogen and oxygen atoms in total. The monoisotopic (exact) mass is 465 g/mol. The highest BCUT2D eigenvalue weighted by Gasteiger charge is 2.53. The summed E-state index contributed by atoms with van der Waals surface area (Å²) in [6, 6.07) is 7.73. The van der Waals surface area contributed by atoms with Gasteiger partial charge >= 0.3 is 18.0 Å². The average molecular weight is 466 g/mol. The molecule has 2 aliphatic carbocycles. The number of allylic oxidation sites excluding steroid dienone is 3. The number of ether oxygens (including phenoxy) is 3. The number of hydrogen-bond donors (Lipinski definition) is 0. The van der Waals surface area contributed by atoms with E-state index in [0.717, 1.165) is 38.9 Å². The second-order valence-electron chi connectivity index (χ2n) is 10.2. The molecule has 1 aromatic carbocycles. The number of benzene rings is 1. The van der Waals surface area contributed by atoms with Crippen LogP contribution in [0.25, 0.3) is 17.0 Å². The smallest absolute Gasteiger partial charge is 0.419 e. The fraction of sp³-hybridized carbons (Fsp3) is 0.444. The first-order valence-corrected chi connectivity index (χ1v) is 11.4. The summed E-state index contributed by atoms with van der Waals surface area (Å²) in [7, 11) is 2.58. The van der Waals surface area contributed by atoms with Crippen molar-refractivity contribution in [2.45, 2.75) is 59.0 Å². The van der Waals surface area contributed by atoms with Crippen molar-refractivity contribution in [3.8, 4) is 0 Å². The van der Waals surface area contributed by atoms with Gasteiger partial charge in [0.05, 0.1) is 25.4 Å². The van der Waals surface area contributed by atoms with Gasteiger partial charge in [0.25, 0.3) is 0 Å². The molecule has 0 saturated carbocycles. The van der Waals surface area contributed by atoms with Gasteiger partial charge in [-0.15, -0.1) is 0 Å². The van der Waals surface area contributed by atoms with Gasteiger partial charge in [-0.05, 0) is 71.1 Å². The zero-order valence-electron chi connectivity index (χ0n) is 20.6. The molecule has 0 fully saturated rings. The molecule has 0 bridgehead atoms. The zero-order valence-corrected chi connectivity index (χ0v) is 20.6. The van der Waals surface area contributed by atoms with Crippen molar-refractivity contribution in [1.29, 1.82) is 0 Å². The molecule has 0 saturated heterocycles. The molecule has 7 heteroatoms. The number of rotatable bonds is 2. The van der Waals surface area contributed by atoms with Gasteiger partial charge in [-0.2, -0.15) is 0 Å². The van der Waals surface area contributed by atoms with E-state index >= 15 is 0 Å². The normalized spacial score (nSPS) is 18.8. The number of methoxy groups -OCH3 is 2. The van der Waals surface area contributed by atoms with Crippen LogP contribution >= 0.6 is 0 Å². The number of fused-ring (bicyclic) bond motifs is 3. The van der Waals surface area contributed by atoms with Gasteiger partial charge in [-0.25, -0.2) is 9.36 Å². The van der Waals surface area contributed by atoms with E-state index in [1.807, 2.05) is 58.0 Å². The molecule has 2 aliphatic rings. The van der Waals surface area contributed by atoms with Crippen LogP contribution in [-0.2, 0) is 30.2 Å². The van der Waals surface area contributed by atoms with Gasteiger partial charge in [0.15, 0.2) is 5.41 Å². The maximum atomic E-state index is 13.3. The Hall–Kier alpha value is -3.35. The van der Waals surface area contributed by atoms with Crippen molar-refractivity contribution in [3.05, 3.63) is 52.2 Å². The molecule has 180 valence electrons. The minimum atomic E-state index is -1.37. The number of carbonyl (C=O) groups is 3. The predicted molar refractivity (Wildman–Crippen MR) is 128 cm³/mol.